The molecule has 0 bridgehead atoms. The number of aromatic nitrogens is 2. The monoisotopic (exact) mass is 293 g/mol. The molecule has 0 unspecified atom stereocenters. The van der Waals surface area contributed by atoms with Crippen LogP contribution in [0.15, 0.2) is 18.2 Å². The van der Waals surface area contributed by atoms with Crippen molar-refractivity contribution >= 4 is 11.7 Å². The highest BCUT2D eigenvalue weighted by Gasteiger charge is 2.20. The molecule has 0 radical (unpaired) electrons. The van der Waals surface area contributed by atoms with Crippen LogP contribution in [0.3, 0.4) is 0 Å². The van der Waals surface area contributed by atoms with Gasteiger partial charge >= 0.3 is 5.97 Å². The van der Waals surface area contributed by atoms with Crippen molar-refractivity contribution < 1.29 is 18.7 Å². The molecule has 0 aliphatic carbocycles. The zero-order valence-corrected chi connectivity index (χ0v) is 12.0. The molecular formula is C14H16FN3O3. The molecular weight excluding hydrogens is 277 g/mol. The topological polar surface area (TPSA) is 79.4 Å². The second-order valence-corrected chi connectivity index (χ2v) is 4.48. The van der Waals surface area contributed by atoms with Gasteiger partial charge in [0.05, 0.1) is 18.5 Å². The van der Waals surface area contributed by atoms with E-state index in [4.69, 9.17) is 15.2 Å². The third-order valence-corrected chi connectivity index (χ3v) is 3.08. The van der Waals surface area contributed by atoms with Crippen LogP contribution in [0.2, 0.25) is 0 Å². The van der Waals surface area contributed by atoms with Gasteiger partial charge in [-0.25, -0.2) is 9.18 Å². The highest BCUT2D eigenvalue weighted by molar-refractivity contribution is 5.93. The number of ether oxygens (including phenoxy) is 2. The summed E-state index contributed by atoms with van der Waals surface area (Å²) in [5.74, 6) is -1.11. The average Bonchev–Trinajstić information content (AvgIpc) is 2.71. The lowest BCUT2D eigenvalue weighted by atomic mass is 10.2. The van der Waals surface area contributed by atoms with Crippen molar-refractivity contribution in [2.24, 2.45) is 7.05 Å². The molecule has 0 saturated carbocycles. The van der Waals surface area contributed by atoms with Gasteiger partial charge in [-0.1, -0.05) is 12.1 Å². The number of esters is 1. The lowest BCUT2D eigenvalue weighted by molar-refractivity contribution is 0.0457. The molecule has 1 aromatic heterocycles. The zero-order chi connectivity index (χ0) is 15.6. The number of anilines is 1. The molecule has 21 heavy (non-hydrogen) atoms. The van der Waals surface area contributed by atoms with E-state index in [1.54, 1.807) is 20.0 Å². The summed E-state index contributed by atoms with van der Waals surface area (Å²) >= 11 is 0. The van der Waals surface area contributed by atoms with Crippen LogP contribution in [0.1, 0.15) is 21.7 Å². The molecule has 0 spiro atoms. The van der Waals surface area contributed by atoms with Crippen LogP contribution >= 0.6 is 0 Å². The van der Waals surface area contributed by atoms with E-state index in [1.165, 1.54) is 23.9 Å². The summed E-state index contributed by atoms with van der Waals surface area (Å²) in [5, 5.41) is 4.03. The molecule has 7 heteroatoms. The zero-order valence-electron chi connectivity index (χ0n) is 12.0. The summed E-state index contributed by atoms with van der Waals surface area (Å²) in [6.45, 7) is 1.47. The highest BCUT2D eigenvalue weighted by atomic mass is 19.1. The number of nitrogens with two attached hydrogens (primary N) is 1. The number of nitrogens with zero attached hydrogens (tertiary/aromatic N) is 2. The molecule has 1 aromatic carbocycles. The Bertz CT molecular complexity index is 682. The number of methoxy groups -OCH3 is 1. The Kier molecular flexibility index (Phi) is 4.11. The van der Waals surface area contributed by atoms with E-state index in [-0.39, 0.29) is 29.3 Å². The number of rotatable bonds is 4. The van der Waals surface area contributed by atoms with Crippen molar-refractivity contribution in [1.82, 2.24) is 9.78 Å². The Balaban J connectivity index is 2.15. The lowest BCUT2D eigenvalue weighted by Crippen LogP contribution is -2.13. The van der Waals surface area contributed by atoms with Crippen molar-refractivity contribution in [2.75, 3.05) is 12.8 Å². The number of nitrogen functional groups attached to an aromatic ring is 1. The minimum Gasteiger partial charge on any atom is -0.494 e. The normalized spacial score (nSPS) is 10.5. The first-order valence-electron chi connectivity index (χ1n) is 6.23. The van der Waals surface area contributed by atoms with Gasteiger partial charge in [0.2, 0.25) is 0 Å². The molecule has 0 saturated heterocycles. The summed E-state index contributed by atoms with van der Waals surface area (Å²) in [4.78, 5) is 12.0. The van der Waals surface area contributed by atoms with Gasteiger partial charge in [-0.15, -0.1) is 0 Å². The Morgan fingerprint density at radius 2 is 2.19 bits per heavy atom. The van der Waals surface area contributed by atoms with E-state index in [0.29, 0.717) is 5.69 Å². The molecule has 0 aliphatic rings. The number of benzene rings is 1. The third kappa shape index (κ3) is 2.81. The molecule has 2 rings (SSSR count). The average molecular weight is 293 g/mol. The second-order valence-electron chi connectivity index (χ2n) is 4.48. The van der Waals surface area contributed by atoms with Gasteiger partial charge in [-0.3, -0.25) is 4.68 Å². The smallest absolute Gasteiger partial charge is 0.359 e. The maximum Gasteiger partial charge on any atom is 0.359 e. The minimum atomic E-state index is -0.655. The Morgan fingerprint density at radius 3 is 2.76 bits per heavy atom. The summed E-state index contributed by atoms with van der Waals surface area (Å²) in [6, 6.07) is 4.62. The van der Waals surface area contributed by atoms with Gasteiger partial charge in [-0.05, 0) is 13.0 Å². The van der Waals surface area contributed by atoms with E-state index in [0.717, 1.165) is 0 Å². The van der Waals surface area contributed by atoms with Crippen LogP contribution in [0, 0.1) is 12.7 Å². The number of carbonyl (C=O) groups excluding carboxylic acids is 1. The second kappa shape index (κ2) is 5.82. The lowest BCUT2D eigenvalue weighted by Gasteiger charge is -2.09. The Labute approximate surface area is 121 Å². The summed E-state index contributed by atoms with van der Waals surface area (Å²) in [7, 11) is 2.96. The van der Waals surface area contributed by atoms with Gasteiger partial charge in [-0.2, -0.15) is 5.10 Å². The summed E-state index contributed by atoms with van der Waals surface area (Å²) < 4.78 is 25.2. The maximum absolute atomic E-state index is 13.9. The van der Waals surface area contributed by atoms with Crippen molar-refractivity contribution in [3.8, 4) is 5.75 Å². The van der Waals surface area contributed by atoms with Gasteiger partial charge in [0.15, 0.2) is 17.3 Å². The molecule has 6 nitrogen and oxygen atoms in total. The molecule has 112 valence electrons. The number of carbonyl (C=O) groups is 1. The fraction of sp³-hybridized carbons (Fsp3) is 0.286. The molecule has 2 aromatic rings. The standard InChI is InChI=1S/C14H16FN3O3/c1-8-12(16)13(18(2)17-8)14(19)21-7-9-5-4-6-10(20-3)11(9)15/h4-6H,7,16H2,1-3H3. The summed E-state index contributed by atoms with van der Waals surface area (Å²) in [5.41, 5.74) is 6.94. The van der Waals surface area contributed by atoms with E-state index >= 15 is 0 Å². The highest BCUT2D eigenvalue weighted by Crippen LogP contribution is 2.22. The molecule has 1 heterocycles. The Morgan fingerprint density at radius 1 is 1.48 bits per heavy atom. The van der Waals surface area contributed by atoms with E-state index in [9.17, 15) is 9.18 Å². The first-order valence-corrected chi connectivity index (χ1v) is 6.23. The van der Waals surface area contributed by atoms with E-state index in [1.807, 2.05) is 0 Å². The largest absolute Gasteiger partial charge is 0.494 e. The fourth-order valence-corrected chi connectivity index (χ4v) is 1.95. The van der Waals surface area contributed by atoms with Crippen LogP contribution in [-0.2, 0) is 18.4 Å². The van der Waals surface area contributed by atoms with Gasteiger partial charge in [0, 0.05) is 12.6 Å². The van der Waals surface area contributed by atoms with Crippen molar-refractivity contribution in [2.45, 2.75) is 13.5 Å². The predicted octanol–water partition coefficient (Wildman–Crippen LogP) is 1.82. The van der Waals surface area contributed by atoms with Gasteiger partial charge < -0.3 is 15.2 Å². The molecule has 0 aliphatic heterocycles. The van der Waals surface area contributed by atoms with Crippen LogP contribution in [0.25, 0.3) is 0 Å². The quantitative estimate of drug-likeness (QED) is 0.870. The van der Waals surface area contributed by atoms with Crippen molar-refractivity contribution in [3.05, 3.63) is 41.0 Å². The number of halogens is 1. The van der Waals surface area contributed by atoms with Crippen molar-refractivity contribution in [1.29, 1.82) is 0 Å². The van der Waals surface area contributed by atoms with Crippen LogP contribution in [0.5, 0.6) is 5.75 Å². The maximum atomic E-state index is 13.9. The fourth-order valence-electron chi connectivity index (χ4n) is 1.95. The number of hydrogen-bond donors (Lipinski definition) is 1. The van der Waals surface area contributed by atoms with Crippen LogP contribution in [0.4, 0.5) is 10.1 Å². The van der Waals surface area contributed by atoms with Crippen LogP contribution in [-0.4, -0.2) is 22.9 Å². The Hall–Kier alpha value is -2.57. The summed E-state index contributed by atoms with van der Waals surface area (Å²) in [6.07, 6.45) is 0. The third-order valence-electron chi connectivity index (χ3n) is 3.08. The number of hydrogen-bond acceptors (Lipinski definition) is 5. The first kappa shape index (κ1) is 14.8. The molecule has 0 amide bonds. The molecule has 2 N–H and O–H groups in total. The molecule has 0 fully saturated rings. The van der Waals surface area contributed by atoms with E-state index in [2.05, 4.69) is 5.10 Å². The SMILES string of the molecule is COc1cccc(COC(=O)c2c(N)c(C)nn2C)c1F. The van der Waals surface area contributed by atoms with Crippen molar-refractivity contribution in [3.63, 3.8) is 0 Å². The first-order chi connectivity index (χ1) is 9.95. The molecule has 0 atom stereocenters. The number of aryl methyl sites for hydroxylation is 2. The van der Waals surface area contributed by atoms with Gasteiger partial charge in [0.1, 0.15) is 6.61 Å². The van der Waals surface area contributed by atoms with Gasteiger partial charge in [0.25, 0.3) is 0 Å². The van der Waals surface area contributed by atoms with E-state index < -0.39 is 11.8 Å². The van der Waals surface area contributed by atoms with Crippen LogP contribution < -0.4 is 10.5 Å². The predicted molar refractivity (Wildman–Crippen MR) is 74.4 cm³/mol. The minimum absolute atomic E-state index is 0.0967.